The Morgan fingerprint density at radius 3 is 0.889 bits per heavy atom. The fraction of sp³-hybridized carbons (Fsp3) is 0.879. The molecule has 3 atom stereocenters. The van der Waals surface area contributed by atoms with Crippen LogP contribution in [0.3, 0.4) is 0 Å². The van der Waals surface area contributed by atoms with E-state index in [4.69, 9.17) is 14.2 Å². The van der Waals surface area contributed by atoms with Crippen molar-refractivity contribution in [3.63, 3.8) is 0 Å². The van der Waals surface area contributed by atoms with Crippen molar-refractivity contribution >= 4 is 17.9 Å². The highest BCUT2D eigenvalue weighted by atomic mass is 16.5. The van der Waals surface area contributed by atoms with E-state index in [0.717, 1.165) is 193 Å². The largest absolute Gasteiger partial charge is 0.465 e. The number of unbranched alkanes of at least 4 members (excludes halogenated alkanes) is 41. The van der Waals surface area contributed by atoms with Crippen molar-refractivity contribution < 1.29 is 28.6 Å². The summed E-state index contributed by atoms with van der Waals surface area (Å²) >= 11 is 0. The molecule has 0 rings (SSSR count). The van der Waals surface area contributed by atoms with Crippen molar-refractivity contribution in [3.8, 4) is 0 Å². The molecule has 0 aliphatic carbocycles. The molecule has 0 aromatic heterocycles. The third-order valence-electron chi connectivity index (χ3n) is 21.0. The van der Waals surface area contributed by atoms with E-state index in [-0.39, 0.29) is 41.9 Å². The molecule has 0 saturated heterocycles. The highest BCUT2D eigenvalue weighted by molar-refractivity contribution is 5.76. The van der Waals surface area contributed by atoms with Gasteiger partial charge in [0.1, 0.15) is 12.1 Å². The van der Waals surface area contributed by atoms with E-state index in [2.05, 4.69) is 114 Å². The van der Waals surface area contributed by atoms with Gasteiger partial charge < -0.3 is 19.1 Å². The molecule has 0 aliphatic rings. The van der Waals surface area contributed by atoms with Crippen LogP contribution in [0.4, 0.5) is 0 Å². The van der Waals surface area contributed by atoms with Crippen LogP contribution in [-0.2, 0) is 28.6 Å². The number of nitrogens with zero attached hydrogens (tertiary/aromatic N) is 2. The zero-order valence-electron chi connectivity index (χ0n) is 67.9. The minimum atomic E-state index is -0.204. The van der Waals surface area contributed by atoms with Crippen molar-refractivity contribution in [2.75, 3.05) is 45.9 Å². The van der Waals surface area contributed by atoms with Crippen molar-refractivity contribution in [2.45, 2.75) is 459 Å². The molecule has 0 aromatic rings. The number of carbonyl (C=O) groups is 3. The van der Waals surface area contributed by atoms with Crippen LogP contribution in [0.5, 0.6) is 0 Å². The van der Waals surface area contributed by atoms with Gasteiger partial charge in [-0.1, -0.05) is 342 Å². The van der Waals surface area contributed by atoms with Crippen LogP contribution in [0, 0.1) is 11.8 Å². The molecule has 0 N–H and O–H groups in total. The average molecular weight is 1390 g/mol. The Bertz CT molecular complexity index is 1680. The molecule has 0 amide bonds. The maximum atomic E-state index is 14.6. The Hall–Kier alpha value is -2.71. The second-order valence-electron chi connectivity index (χ2n) is 30.2. The number of hydrogen-bond donors (Lipinski definition) is 0. The fourth-order valence-electron chi connectivity index (χ4n) is 14.2. The van der Waals surface area contributed by atoms with Crippen LogP contribution in [0.25, 0.3) is 0 Å². The third-order valence-corrected chi connectivity index (χ3v) is 21.0. The standard InChI is InChI=1S/C91H172N2O6/c1-9-17-23-29-33-35-37-39-41-43-45-47-49-51-55-65-77-87(78-66-56-52-50-48-46-44-42-40-38-36-34-30-24-18-10-2)99-91(96)88(93(15-7)16-8)79-67-70-82-92(80-68-57-59-71-83-97-89(94)85(73-61-27-21-13-5)75-63-53-31-25-19-11-3)81-69-58-60-72-84-98-90(95)86(74-62-28-22-14-6)76-64-54-32-26-20-12-4/h33-36,39-42,85-88H,9-32,37-38,43-84H2,1-8H3/b35-33+,36-34+,41-39+,42-40+. The summed E-state index contributed by atoms with van der Waals surface area (Å²) in [5.41, 5.74) is 0. The smallest absolute Gasteiger partial charge is 0.323 e. The number of likely N-dealkylation sites (N-methyl/N-ethyl adjacent to an activating group) is 1. The minimum absolute atomic E-state index is 0.00102. The lowest BCUT2D eigenvalue weighted by molar-refractivity contribution is -0.157. The van der Waals surface area contributed by atoms with Gasteiger partial charge in [-0.05, 0) is 187 Å². The van der Waals surface area contributed by atoms with Crippen LogP contribution in [0.1, 0.15) is 447 Å². The molecule has 3 unspecified atom stereocenters. The average Bonchev–Trinajstić information content (AvgIpc) is 0.954. The van der Waals surface area contributed by atoms with Crippen LogP contribution >= 0.6 is 0 Å². The predicted octanol–water partition coefficient (Wildman–Crippen LogP) is 28.4. The first kappa shape index (κ1) is 96.3. The van der Waals surface area contributed by atoms with Crippen LogP contribution < -0.4 is 0 Å². The lowest BCUT2D eigenvalue weighted by Gasteiger charge is -2.30. The van der Waals surface area contributed by atoms with E-state index in [0.29, 0.717) is 13.2 Å². The Labute approximate surface area is 618 Å². The van der Waals surface area contributed by atoms with Gasteiger partial charge in [0, 0.05) is 0 Å². The van der Waals surface area contributed by atoms with Gasteiger partial charge in [-0.25, -0.2) is 0 Å². The third kappa shape index (κ3) is 65.8. The SMILES string of the molecule is CCCCC/C=C/C/C=C/CCCCCCCCC(CCCCCCCC/C=C/C/C=C/CCCCC)OC(=O)C(CCCCN(CCCCCCOC(=O)C(CCCCCC)CCCCCCCC)CCCCCCOC(=O)C(CCCCCC)CCCCCCCC)N(CC)CC. The van der Waals surface area contributed by atoms with Gasteiger partial charge in [0.15, 0.2) is 0 Å². The number of rotatable bonds is 80. The zero-order chi connectivity index (χ0) is 72.1. The summed E-state index contributed by atoms with van der Waals surface area (Å²) in [5, 5.41) is 0. The maximum absolute atomic E-state index is 14.6. The van der Waals surface area contributed by atoms with Crippen molar-refractivity contribution in [2.24, 2.45) is 11.8 Å². The lowest BCUT2D eigenvalue weighted by atomic mass is 9.94. The molecule has 99 heavy (non-hydrogen) atoms. The molecule has 582 valence electrons. The molecular formula is C91H172N2O6. The monoisotopic (exact) mass is 1390 g/mol. The fourth-order valence-corrected chi connectivity index (χ4v) is 14.2. The second kappa shape index (κ2) is 79.4. The van der Waals surface area contributed by atoms with Crippen LogP contribution in [-0.4, -0.2) is 85.8 Å². The van der Waals surface area contributed by atoms with E-state index >= 15 is 0 Å². The summed E-state index contributed by atoms with van der Waals surface area (Å²) < 4.78 is 18.7. The van der Waals surface area contributed by atoms with Gasteiger partial charge in [-0.2, -0.15) is 0 Å². The molecule has 0 aliphatic heterocycles. The summed E-state index contributed by atoms with van der Waals surface area (Å²) in [4.78, 5) is 46.5. The minimum Gasteiger partial charge on any atom is -0.465 e. The van der Waals surface area contributed by atoms with Gasteiger partial charge in [0.05, 0.1) is 25.0 Å². The molecule has 0 aromatic carbocycles. The molecule has 0 fully saturated rings. The first-order valence-electron chi connectivity index (χ1n) is 44.4. The number of allylic oxidation sites excluding steroid dienone is 8. The highest BCUT2D eigenvalue weighted by Crippen LogP contribution is 2.25. The first-order chi connectivity index (χ1) is 48.8. The van der Waals surface area contributed by atoms with Gasteiger partial charge in [0.25, 0.3) is 0 Å². The normalized spacial score (nSPS) is 13.1. The summed E-state index contributed by atoms with van der Waals surface area (Å²) in [6.07, 6.45) is 90.7. The van der Waals surface area contributed by atoms with Gasteiger partial charge in [-0.3, -0.25) is 19.3 Å². The van der Waals surface area contributed by atoms with E-state index in [1.54, 1.807) is 0 Å². The van der Waals surface area contributed by atoms with Crippen LogP contribution in [0.15, 0.2) is 48.6 Å². The van der Waals surface area contributed by atoms with Crippen molar-refractivity contribution in [3.05, 3.63) is 48.6 Å². The van der Waals surface area contributed by atoms with Crippen molar-refractivity contribution in [1.29, 1.82) is 0 Å². The van der Waals surface area contributed by atoms with E-state index in [1.165, 1.54) is 231 Å². The number of ether oxygens (including phenoxy) is 3. The molecule has 0 heterocycles. The maximum Gasteiger partial charge on any atom is 0.323 e. The number of hydrogen-bond acceptors (Lipinski definition) is 8. The summed E-state index contributed by atoms with van der Waals surface area (Å²) in [7, 11) is 0. The molecule has 0 saturated carbocycles. The Kier molecular flexibility index (Phi) is 77.2. The molecular weight excluding hydrogens is 1220 g/mol. The first-order valence-corrected chi connectivity index (χ1v) is 44.4. The van der Waals surface area contributed by atoms with Gasteiger partial charge in [0.2, 0.25) is 0 Å². The molecule has 0 spiro atoms. The quantitative estimate of drug-likeness (QED) is 0.0258. The molecule has 8 heteroatoms. The summed E-state index contributed by atoms with van der Waals surface area (Å²) in [6.45, 7) is 24.0. The van der Waals surface area contributed by atoms with Gasteiger partial charge in [-0.15, -0.1) is 0 Å². The van der Waals surface area contributed by atoms with Gasteiger partial charge >= 0.3 is 17.9 Å². The van der Waals surface area contributed by atoms with E-state index in [1.807, 2.05) is 0 Å². The predicted molar refractivity (Wildman–Crippen MR) is 434 cm³/mol. The van der Waals surface area contributed by atoms with Crippen LogP contribution in [0.2, 0.25) is 0 Å². The highest BCUT2D eigenvalue weighted by Gasteiger charge is 2.28. The summed E-state index contributed by atoms with van der Waals surface area (Å²) in [6, 6.07) is -0.204. The molecule has 0 radical (unpaired) electrons. The van der Waals surface area contributed by atoms with Crippen molar-refractivity contribution in [1.82, 2.24) is 9.80 Å². The molecule has 8 nitrogen and oxygen atoms in total. The zero-order valence-corrected chi connectivity index (χ0v) is 67.9. The molecule has 0 bridgehead atoms. The second-order valence-corrected chi connectivity index (χ2v) is 30.2. The van der Waals surface area contributed by atoms with E-state index < -0.39 is 0 Å². The Morgan fingerprint density at radius 1 is 0.273 bits per heavy atom. The topological polar surface area (TPSA) is 85.4 Å². The lowest BCUT2D eigenvalue weighted by Crippen LogP contribution is -2.43. The number of esters is 3. The Balaban J connectivity index is 5.82. The van der Waals surface area contributed by atoms with E-state index in [9.17, 15) is 14.4 Å². The number of carbonyl (C=O) groups excluding carboxylic acids is 3. The summed E-state index contributed by atoms with van der Waals surface area (Å²) in [5.74, 6) is 0.238. The Morgan fingerprint density at radius 2 is 0.535 bits per heavy atom.